The Labute approximate surface area is 109 Å². The van der Waals surface area contributed by atoms with E-state index in [9.17, 15) is 0 Å². The topological polar surface area (TPSA) is 38.9 Å². The molecule has 2 rings (SSSR count). The number of aromatic nitrogens is 1. The summed E-state index contributed by atoms with van der Waals surface area (Å²) in [6, 6.07) is 12.6. The van der Waals surface area contributed by atoms with Gasteiger partial charge in [0.2, 0.25) is 0 Å². The first-order chi connectivity index (χ1) is 8.65. The minimum atomic E-state index is -0.0211. The Balaban J connectivity index is 2.34. The Morgan fingerprint density at radius 1 is 1.11 bits per heavy atom. The molecule has 1 aromatic heterocycles. The maximum atomic E-state index is 6.04. The molecule has 0 saturated carbocycles. The fraction of sp³-hybridized carbons (Fsp3) is 0.312. The number of hydrogen-bond donors (Lipinski definition) is 1. The quantitative estimate of drug-likeness (QED) is 0.892. The number of nitrogens with two attached hydrogens (primary N) is 1. The molecule has 2 nitrogen and oxygen atoms in total. The lowest BCUT2D eigenvalue weighted by molar-refractivity contribution is 0.478. The predicted molar refractivity (Wildman–Crippen MR) is 75.5 cm³/mol. The molecule has 2 aromatic rings. The highest BCUT2D eigenvalue weighted by Gasteiger charge is 2.26. The van der Waals surface area contributed by atoms with Crippen LogP contribution in [0.5, 0.6) is 0 Å². The van der Waals surface area contributed by atoms with Crippen molar-refractivity contribution in [3.05, 3.63) is 65.5 Å². The number of hydrogen-bond acceptors (Lipinski definition) is 2. The van der Waals surface area contributed by atoms with Gasteiger partial charge in [0.1, 0.15) is 0 Å². The first-order valence-corrected chi connectivity index (χ1v) is 6.31. The van der Waals surface area contributed by atoms with Gasteiger partial charge in [-0.05, 0) is 42.2 Å². The summed E-state index contributed by atoms with van der Waals surface area (Å²) in [6.45, 7) is 5.02. The van der Waals surface area contributed by atoms with Crippen molar-refractivity contribution >= 4 is 0 Å². The molecule has 1 unspecified atom stereocenters. The molecule has 0 aliphatic heterocycles. The molecule has 0 radical (unpaired) electrons. The van der Waals surface area contributed by atoms with Gasteiger partial charge >= 0.3 is 0 Å². The van der Waals surface area contributed by atoms with Crippen molar-refractivity contribution in [3.8, 4) is 0 Å². The average molecular weight is 240 g/mol. The van der Waals surface area contributed by atoms with Crippen LogP contribution in [0.15, 0.2) is 48.8 Å². The normalized spacial score (nSPS) is 14.2. The maximum absolute atomic E-state index is 6.04. The molecule has 1 aromatic carbocycles. The van der Waals surface area contributed by atoms with Crippen LogP contribution in [0, 0.1) is 6.92 Å². The van der Waals surface area contributed by atoms with Crippen LogP contribution in [0.3, 0.4) is 0 Å². The molecule has 2 N–H and O–H groups in total. The lowest BCUT2D eigenvalue weighted by Crippen LogP contribution is -2.34. The van der Waals surface area contributed by atoms with Crippen LogP contribution in [-0.2, 0) is 11.8 Å². The molecule has 0 saturated heterocycles. The standard InChI is InChI=1S/C16H20N2/c1-13-5-3-4-6-15(13)16(2,12-17)11-14-7-9-18-10-8-14/h3-10H,11-12,17H2,1-2H3. The zero-order valence-electron chi connectivity index (χ0n) is 11.1. The van der Waals surface area contributed by atoms with Crippen molar-refractivity contribution in [2.24, 2.45) is 5.73 Å². The first kappa shape index (κ1) is 12.8. The van der Waals surface area contributed by atoms with Gasteiger partial charge in [0.05, 0.1) is 0 Å². The van der Waals surface area contributed by atoms with Crippen molar-refractivity contribution in [1.82, 2.24) is 4.98 Å². The number of rotatable bonds is 4. The van der Waals surface area contributed by atoms with E-state index in [0.29, 0.717) is 6.54 Å². The number of aryl methyl sites for hydroxylation is 1. The van der Waals surface area contributed by atoms with E-state index in [-0.39, 0.29) is 5.41 Å². The Bertz CT molecular complexity index is 508. The van der Waals surface area contributed by atoms with Gasteiger partial charge < -0.3 is 5.73 Å². The largest absolute Gasteiger partial charge is 0.330 e. The second-order valence-electron chi connectivity index (χ2n) is 5.11. The molecule has 0 amide bonds. The van der Waals surface area contributed by atoms with Crippen LogP contribution >= 0.6 is 0 Å². The van der Waals surface area contributed by atoms with Crippen LogP contribution in [-0.4, -0.2) is 11.5 Å². The van der Waals surface area contributed by atoms with Gasteiger partial charge in [0.25, 0.3) is 0 Å². The second kappa shape index (κ2) is 5.32. The van der Waals surface area contributed by atoms with E-state index in [1.54, 1.807) is 0 Å². The highest BCUT2D eigenvalue weighted by molar-refractivity contribution is 5.35. The third-order valence-corrected chi connectivity index (χ3v) is 3.59. The summed E-state index contributed by atoms with van der Waals surface area (Å²) in [5.74, 6) is 0. The molecule has 0 aliphatic carbocycles. The van der Waals surface area contributed by atoms with Crippen LogP contribution in [0.1, 0.15) is 23.6 Å². The molecular weight excluding hydrogens is 220 g/mol. The van der Waals surface area contributed by atoms with Gasteiger partial charge in [0, 0.05) is 24.4 Å². The van der Waals surface area contributed by atoms with Crippen LogP contribution in [0.2, 0.25) is 0 Å². The Kier molecular flexibility index (Phi) is 3.78. The van der Waals surface area contributed by atoms with Crippen molar-refractivity contribution < 1.29 is 0 Å². The number of benzene rings is 1. The van der Waals surface area contributed by atoms with Gasteiger partial charge in [-0.25, -0.2) is 0 Å². The summed E-state index contributed by atoms with van der Waals surface area (Å²) in [5.41, 5.74) is 9.94. The molecule has 0 spiro atoms. The minimum Gasteiger partial charge on any atom is -0.330 e. The lowest BCUT2D eigenvalue weighted by atomic mass is 9.76. The van der Waals surface area contributed by atoms with Gasteiger partial charge in [-0.15, -0.1) is 0 Å². The van der Waals surface area contributed by atoms with Crippen molar-refractivity contribution in [1.29, 1.82) is 0 Å². The monoisotopic (exact) mass is 240 g/mol. The molecule has 94 valence electrons. The fourth-order valence-electron chi connectivity index (χ4n) is 2.48. The first-order valence-electron chi connectivity index (χ1n) is 6.31. The van der Waals surface area contributed by atoms with E-state index in [4.69, 9.17) is 5.73 Å². The van der Waals surface area contributed by atoms with E-state index in [2.05, 4.69) is 55.2 Å². The zero-order chi connectivity index (χ0) is 13.0. The Morgan fingerprint density at radius 3 is 2.39 bits per heavy atom. The van der Waals surface area contributed by atoms with E-state index < -0.39 is 0 Å². The summed E-state index contributed by atoms with van der Waals surface area (Å²) in [4.78, 5) is 4.06. The maximum Gasteiger partial charge on any atom is 0.0270 e. The van der Waals surface area contributed by atoms with Crippen LogP contribution in [0.4, 0.5) is 0 Å². The molecule has 0 aliphatic rings. The van der Waals surface area contributed by atoms with E-state index >= 15 is 0 Å². The smallest absolute Gasteiger partial charge is 0.0270 e. The minimum absolute atomic E-state index is 0.0211. The lowest BCUT2D eigenvalue weighted by Gasteiger charge is -2.30. The fourth-order valence-corrected chi connectivity index (χ4v) is 2.48. The summed E-state index contributed by atoms with van der Waals surface area (Å²) < 4.78 is 0. The predicted octanol–water partition coefficient (Wildman–Crippen LogP) is 2.85. The molecule has 2 heteroatoms. The molecule has 1 heterocycles. The van der Waals surface area contributed by atoms with Crippen molar-refractivity contribution in [2.45, 2.75) is 25.7 Å². The van der Waals surface area contributed by atoms with Crippen molar-refractivity contribution in [3.63, 3.8) is 0 Å². The summed E-state index contributed by atoms with van der Waals surface area (Å²) in [7, 11) is 0. The Morgan fingerprint density at radius 2 is 1.78 bits per heavy atom. The summed E-state index contributed by atoms with van der Waals surface area (Å²) in [6.07, 6.45) is 4.62. The zero-order valence-corrected chi connectivity index (χ0v) is 11.1. The molecular formula is C16H20N2. The number of nitrogens with zero attached hydrogens (tertiary/aromatic N) is 1. The van der Waals surface area contributed by atoms with Gasteiger partial charge in [-0.1, -0.05) is 31.2 Å². The second-order valence-corrected chi connectivity index (χ2v) is 5.11. The summed E-state index contributed by atoms with van der Waals surface area (Å²) in [5, 5.41) is 0. The Hall–Kier alpha value is -1.67. The third kappa shape index (κ3) is 2.59. The van der Waals surface area contributed by atoms with Gasteiger partial charge in [-0.3, -0.25) is 4.98 Å². The summed E-state index contributed by atoms with van der Waals surface area (Å²) >= 11 is 0. The highest BCUT2D eigenvalue weighted by Crippen LogP contribution is 2.29. The van der Waals surface area contributed by atoms with Crippen molar-refractivity contribution in [2.75, 3.05) is 6.54 Å². The third-order valence-electron chi connectivity index (χ3n) is 3.59. The van der Waals surface area contributed by atoms with Gasteiger partial charge in [-0.2, -0.15) is 0 Å². The van der Waals surface area contributed by atoms with Crippen LogP contribution in [0.25, 0.3) is 0 Å². The SMILES string of the molecule is Cc1ccccc1C(C)(CN)Cc1ccncc1. The number of pyridine rings is 1. The highest BCUT2D eigenvalue weighted by atomic mass is 14.6. The van der Waals surface area contributed by atoms with E-state index in [1.165, 1.54) is 16.7 Å². The molecule has 0 bridgehead atoms. The van der Waals surface area contributed by atoms with Gasteiger partial charge in [0.15, 0.2) is 0 Å². The van der Waals surface area contributed by atoms with Crippen LogP contribution < -0.4 is 5.73 Å². The molecule has 1 atom stereocenters. The molecule has 18 heavy (non-hydrogen) atoms. The van der Waals surface area contributed by atoms with E-state index in [0.717, 1.165) is 6.42 Å². The molecule has 0 fully saturated rings. The van der Waals surface area contributed by atoms with E-state index in [1.807, 2.05) is 12.4 Å². The average Bonchev–Trinajstić information content (AvgIpc) is 2.40.